The van der Waals surface area contributed by atoms with Crippen LogP contribution in [-0.4, -0.2) is 24.2 Å². The molecule has 0 unspecified atom stereocenters. The summed E-state index contributed by atoms with van der Waals surface area (Å²) >= 11 is 0. The van der Waals surface area contributed by atoms with Gasteiger partial charge in [-0.05, 0) is 48.9 Å². The average molecular weight is 264 g/mol. The van der Waals surface area contributed by atoms with Crippen LogP contribution in [0.2, 0.25) is 0 Å². The molecule has 0 aliphatic carbocycles. The van der Waals surface area contributed by atoms with Gasteiger partial charge in [-0.1, -0.05) is 13.8 Å². The number of nitrogens with one attached hydrogen (secondary N) is 1. The van der Waals surface area contributed by atoms with Crippen molar-refractivity contribution in [2.75, 3.05) is 18.9 Å². The SMILES string of the molecule is Cc1cc(N)ccc1C(=O)NCC(C)(C)CCCO. The highest BCUT2D eigenvalue weighted by molar-refractivity contribution is 5.96. The van der Waals surface area contributed by atoms with Crippen molar-refractivity contribution in [3.8, 4) is 0 Å². The molecule has 4 N–H and O–H groups in total. The van der Waals surface area contributed by atoms with Gasteiger partial charge in [0.05, 0.1) is 0 Å². The summed E-state index contributed by atoms with van der Waals surface area (Å²) in [6.07, 6.45) is 1.63. The molecule has 1 aromatic rings. The average Bonchev–Trinajstić information content (AvgIpc) is 2.34. The summed E-state index contributed by atoms with van der Waals surface area (Å²) in [5, 5.41) is 11.8. The minimum absolute atomic E-state index is 0.0138. The van der Waals surface area contributed by atoms with E-state index < -0.39 is 0 Å². The molecule has 1 amide bonds. The van der Waals surface area contributed by atoms with E-state index in [0.29, 0.717) is 17.8 Å². The third-order valence-electron chi connectivity index (χ3n) is 3.23. The van der Waals surface area contributed by atoms with Gasteiger partial charge in [0.15, 0.2) is 0 Å². The third-order valence-corrected chi connectivity index (χ3v) is 3.23. The highest BCUT2D eigenvalue weighted by atomic mass is 16.2. The van der Waals surface area contributed by atoms with E-state index in [1.54, 1.807) is 18.2 Å². The lowest BCUT2D eigenvalue weighted by molar-refractivity contribution is 0.0932. The number of rotatable bonds is 6. The van der Waals surface area contributed by atoms with E-state index in [9.17, 15) is 4.79 Å². The summed E-state index contributed by atoms with van der Waals surface area (Å²) in [6, 6.07) is 5.28. The maximum absolute atomic E-state index is 12.1. The first kappa shape index (κ1) is 15.5. The highest BCUT2D eigenvalue weighted by Crippen LogP contribution is 2.21. The van der Waals surface area contributed by atoms with Gasteiger partial charge >= 0.3 is 0 Å². The smallest absolute Gasteiger partial charge is 0.251 e. The number of aliphatic hydroxyl groups excluding tert-OH is 1. The molecule has 4 heteroatoms. The van der Waals surface area contributed by atoms with Gasteiger partial charge in [-0.15, -0.1) is 0 Å². The standard InChI is InChI=1S/C15H24N2O2/c1-11-9-12(16)5-6-13(11)14(19)17-10-15(2,3)7-4-8-18/h5-6,9,18H,4,7-8,10,16H2,1-3H3,(H,17,19). The van der Waals surface area contributed by atoms with E-state index in [2.05, 4.69) is 19.2 Å². The lowest BCUT2D eigenvalue weighted by Gasteiger charge is -2.24. The van der Waals surface area contributed by atoms with Crippen molar-refractivity contribution in [3.63, 3.8) is 0 Å². The first-order valence-corrected chi connectivity index (χ1v) is 6.61. The Labute approximate surface area is 115 Å². The van der Waals surface area contributed by atoms with Crippen molar-refractivity contribution in [1.82, 2.24) is 5.32 Å². The first-order chi connectivity index (χ1) is 8.85. The number of aliphatic hydroxyl groups is 1. The van der Waals surface area contributed by atoms with Crippen LogP contribution in [0.4, 0.5) is 5.69 Å². The molecule has 0 atom stereocenters. The summed E-state index contributed by atoms with van der Waals surface area (Å²) in [5.74, 6) is -0.0745. The first-order valence-electron chi connectivity index (χ1n) is 6.61. The lowest BCUT2D eigenvalue weighted by Crippen LogP contribution is -2.34. The molecule has 0 aliphatic rings. The van der Waals surface area contributed by atoms with Crippen LogP contribution in [0.25, 0.3) is 0 Å². The molecular weight excluding hydrogens is 240 g/mol. The maximum atomic E-state index is 12.1. The Kier molecular flexibility index (Phi) is 5.36. The summed E-state index contributed by atoms with van der Waals surface area (Å²) in [4.78, 5) is 12.1. The van der Waals surface area contributed by atoms with Gasteiger partial charge in [-0.3, -0.25) is 4.79 Å². The van der Waals surface area contributed by atoms with E-state index in [-0.39, 0.29) is 17.9 Å². The number of carbonyl (C=O) groups excluding carboxylic acids is 1. The predicted octanol–water partition coefficient (Wildman–Crippen LogP) is 2.11. The van der Waals surface area contributed by atoms with Crippen LogP contribution >= 0.6 is 0 Å². The van der Waals surface area contributed by atoms with Crippen LogP contribution in [0.15, 0.2) is 18.2 Å². The second-order valence-corrected chi connectivity index (χ2v) is 5.75. The Hall–Kier alpha value is -1.55. The summed E-state index contributed by atoms with van der Waals surface area (Å²) in [7, 11) is 0. The fourth-order valence-electron chi connectivity index (χ4n) is 2.00. The second kappa shape index (κ2) is 6.57. The Morgan fingerprint density at radius 2 is 2.11 bits per heavy atom. The molecule has 1 aromatic carbocycles. The van der Waals surface area contributed by atoms with Crippen molar-refractivity contribution in [2.24, 2.45) is 5.41 Å². The molecule has 0 aliphatic heterocycles. The predicted molar refractivity (Wildman–Crippen MR) is 78.0 cm³/mol. The van der Waals surface area contributed by atoms with E-state index in [1.165, 1.54) is 0 Å². The zero-order valence-electron chi connectivity index (χ0n) is 12.0. The number of hydrogen-bond acceptors (Lipinski definition) is 3. The number of carbonyl (C=O) groups is 1. The van der Waals surface area contributed by atoms with Crippen LogP contribution in [-0.2, 0) is 0 Å². The Morgan fingerprint density at radius 3 is 2.68 bits per heavy atom. The fourth-order valence-corrected chi connectivity index (χ4v) is 2.00. The van der Waals surface area contributed by atoms with Gasteiger partial charge < -0.3 is 16.2 Å². The van der Waals surface area contributed by atoms with Crippen molar-refractivity contribution in [3.05, 3.63) is 29.3 Å². The quantitative estimate of drug-likeness (QED) is 0.689. The van der Waals surface area contributed by atoms with E-state index in [1.807, 2.05) is 6.92 Å². The molecule has 0 saturated carbocycles. The number of aryl methyl sites for hydroxylation is 1. The zero-order chi connectivity index (χ0) is 14.5. The maximum Gasteiger partial charge on any atom is 0.251 e. The minimum atomic E-state index is -0.0745. The summed E-state index contributed by atoms with van der Waals surface area (Å²) < 4.78 is 0. The molecule has 1 rings (SSSR count). The van der Waals surface area contributed by atoms with Crippen molar-refractivity contribution >= 4 is 11.6 Å². The molecule has 4 nitrogen and oxygen atoms in total. The number of nitrogen functional groups attached to an aromatic ring is 1. The van der Waals surface area contributed by atoms with Gasteiger partial charge in [-0.2, -0.15) is 0 Å². The molecule has 0 spiro atoms. The molecule has 0 bridgehead atoms. The van der Waals surface area contributed by atoms with Gasteiger partial charge in [0, 0.05) is 24.4 Å². The van der Waals surface area contributed by atoms with Crippen LogP contribution in [0, 0.1) is 12.3 Å². The zero-order valence-corrected chi connectivity index (χ0v) is 12.0. The van der Waals surface area contributed by atoms with Crippen molar-refractivity contribution < 1.29 is 9.90 Å². The van der Waals surface area contributed by atoms with Crippen LogP contribution < -0.4 is 11.1 Å². The molecule has 106 valence electrons. The highest BCUT2D eigenvalue weighted by Gasteiger charge is 2.19. The number of hydrogen-bond donors (Lipinski definition) is 3. The largest absolute Gasteiger partial charge is 0.399 e. The van der Waals surface area contributed by atoms with Crippen LogP contribution in [0.3, 0.4) is 0 Å². The number of nitrogens with two attached hydrogens (primary N) is 1. The van der Waals surface area contributed by atoms with Crippen LogP contribution in [0.1, 0.15) is 42.6 Å². The van der Waals surface area contributed by atoms with Crippen molar-refractivity contribution in [1.29, 1.82) is 0 Å². The van der Waals surface area contributed by atoms with E-state index in [4.69, 9.17) is 10.8 Å². The van der Waals surface area contributed by atoms with Gasteiger partial charge in [-0.25, -0.2) is 0 Å². The van der Waals surface area contributed by atoms with Gasteiger partial charge in [0.1, 0.15) is 0 Å². The molecule has 0 fully saturated rings. The monoisotopic (exact) mass is 264 g/mol. The Balaban J connectivity index is 2.60. The Bertz CT molecular complexity index is 442. The molecule has 0 heterocycles. The molecule has 0 aromatic heterocycles. The molecule has 19 heavy (non-hydrogen) atoms. The normalized spacial score (nSPS) is 11.4. The Morgan fingerprint density at radius 1 is 1.42 bits per heavy atom. The molecule has 0 radical (unpaired) electrons. The summed E-state index contributed by atoms with van der Waals surface area (Å²) in [6.45, 7) is 6.82. The number of benzene rings is 1. The lowest BCUT2D eigenvalue weighted by atomic mass is 9.88. The van der Waals surface area contributed by atoms with Crippen molar-refractivity contribution in [2.45, 2.75) is 33.6 Å². The van der Waals surface area contributed by atoms with E-state index >= 15 is 0 Å². The van der Waals surface area contributed by atoms with Gasteiger partial charge in [0.25, 0.3) is 5.91 Å². The topological polar surface area (TPSA) is 75.4 Å². The third kappa shape index (κ3) is 4.91. The summed E-state index contributed by atoms with van der Waals surface area (Å²) in [5.41, 5.74) is 7.86. The molecular formula is C15H24N2O2. The number of amides is 1. The number of anilines is 1. The second-order valence-electron chi connectivity index (χ2n) is 5.75. The minimum Gasteiger partial charge on any atom is -0.399 e. The molecule has 0 saturated heterocycles. The van der Waals surface area contributed by atoms with Gasteiger partial charge in [0.2, 0.25) is 0 Å². The fraction of sp³-hybridized carbons (Fsp3) is 0.533. The van der Waals surface area contributed by atoms with Crippen LogP contribution in [0.5, 0.6) is 0 Å². The van der Waals surface area contributed by atoms with E-state index in [0.717, 1.165) is 18.4 Å².